The number of carbonyl (C=O) groups excluding carboxylic acids is 1. The maximum atomic E-state index is 12.4. The summed E-state index contributed by atoms with van der Waals surface area (Å²) < 4.78 is 5.17. The number of aryl methyl sites for hydroxylation is 1. The number of thioether (sulfide) groups is 1. The molecule has 1 N–H and O–H groups in total. The van der Waals surface area contributed by atoms with E-state index >= 15 is 0 Å². The van der Waals surface area contributed by atoms with Crippen molar-refractivity contribution in [3.63, 3.8) is 0 Å². The number of amides is 1. The Bertz CT molecular complexity index is 1110. The van der Waals surface area contributed by atoms with Crippen LogP contribution in [-0.4, -0.2) is 54.9 Å². The highest BCUT2D eigenvalue weighted by Crippen LogP contribution is 2.29. The van der Waals surface area contributed by atoms with Gasteiger partial charge in [0.1, 0.15) is 10.8 Å². The van der Waals surface area contributed by atoms with Crippen molar-refractivity contribution < 1.29 is 9.53 Å². The average molecular weight is 478 g/mol. The lowest BCUT2D eigenvalue weighted by molar-refractivity contribution is -0.118. The highest BCUT2D eigenvalue weighted by Gasteiger charge is 2.22. The quantitative estimate of drug-likeness (QED) is 0.494. The lowest BCUT2D eigenvalue weighted by Crippen LogP contribution is -2.47. The summed E-state index contributed by atoms with van der Waals surface area (Å²) in [6.45, 7) is 8.41. The summed E-state index contributed by atoms with van der Waals surface area (Å²) >= 11 is 1.43. The van der Waals surface area contributed by atoms with Gasteiger partial charge in [0.15, 0.2) is 5.82 Å². The number of methoxy groups -OCH3 is 1. The van der Waals surface area contributed by atoms with Gasteiger partial charge in [0.25, 0.3) is 0 Å². The van der Waals surface area contributed by atoms with Crippen molar-refractivity contribution in [2.45, 2.75) is 25.4 Å². The van der Waals surface area contributed by atoms with Crippen LogP contribution >= 0.6 is 11.8 Å². The molecule has 0 aliphatic carbocycles. The standard InChI is InChI=1S/C26H31N5O2S/c1-19-5-4-6-23(20(19)2)30-13-15-31(16-14-30)25-26(28-12-11-27-25)34-18-24(32)29-17-21-7-9-22(33-3)10-8-21/h4-12H,13-18H2,1-3H3,(H,29,32). The van der Waals surface area contributed by atoms with Crippen molar-refractivity contribution in [3.8, 4) is 5.75 Å². The molecule has 178 valence electrons. The van der Waals surface area contributed by atoms with Gasteiger partial charge in [-0.2, -0.15) is 0 Å². The van der Waals surface area contributed by atoms with Crippen molar-refractivity contribution in [2.75, 3.05) is 48.8 Å². The summed E-state index contributed by atoms with van der Waals surface area (Å²) in [7, 11) is 1.64. The fourth-order valence-electron chi connectivity index (χ4n) is 4.00. The summed E-state index contributed by atoms with van der Waals surface area (Å²) in [4.78, 5) is 26.3. The Labute approximate surface area is 205 Å². The molecule has 0 radical (unpaired) electrons. The van der Waals surface area contributed by atoms with Crippen LogP contribution in [0.15, 0.2) is 59.9 Å². The summed E-state index contributed by atoms with van der Waals surface area (Å²) in [5, 5.41) is 3.76. The zero-order valence-corrected chi connectivity index (χ0v) is 20.8. The van der Waals surface area contributed by atoms with E-state index < -0.39 is 0 Å². The first kappa shape index (κ1) is 23.9. The third kappa shape index (κ3) is 5.80. The molecule has 0 spiro atoms. The molecule has 1 saturated heterocycles. The number of rotatable bonds is 8. The molecule has 0 atom stereocenters. The summed E-state index contributed by atoms with van der Waals surface area (Å²) in [5.41, 5.74) is 4.99. The molecule has 0 bridgehead atoms. The molecule has 1 fully saturated rings. The van der Waals surface area contributed by atoms with Crippen LogP contribution < -0.4 is 19.9 Å². The summed E-state index contributed by atoms with van der Waals surface area (Å²) in [6.07, 6.45) is 3.41. The van der Waals surface area contributed by atoms with Gasteiger partial charge in [0, 0.05) is 50.8 Å². The van der Waals surface area contributed by atoms with Crippen molar-refractivity contribution in [1.29, 1.82) is 0 Å². The third-order valence-corrected chi connectivity index (χ3v) is 7.10. The lowest BCUT2D eigenvalue weighted by Gasteiger charge is -2.37. The minimum atomic E-state index is -0.0304. The normalized spacial score (nSPS) is 13.6. The number of hydrogen-bond donors (Lipinski definition) is 1. The van der Waals surface area contributed by atoms with Gasteiger partial charge in [-0.25, -0.2) is 9.97 Å². The lowest BCUT2D eigenvalue weighted by atomic mass is 10.1. The molecule has 1 amide bonds. The van der Waals surface area contributed by atoms with Crippen LogP contribution in [0.25, 0.3) is 0 Å². The molecular weight excluding hydrogens is 446 g/mol. The van der Waals surface area contributed by atoms with Crippen LogP contribution in [0.5, 0.6) is 5.75 Å². The molecule has 7 nitrogen and oxygen atoms in total. The van der Waals surface area contributed by atoms with Crippen LogP contribution in [0.2, 0.25) is 0 Å². The number of aromatic nitrogens is 2. The second-order valence-electron chi connectivity index (χ2n) is 8.29. The molecule has 0 saturated carbocycles. The Balaban J connectivity index is 1.31. The Kier molecular flexibility index (Phi) is 7.90. The van der Waals surface area contributed by atoms with E-state index in [2.05, 4.69) is 57.1 Å². The zero-order chi connectivity index (χ0) is 23.9. The Morgan fingerprint density at radius 2 is 1.71 bits per heavy atom. The van der Waals surface area contributed by atoms with Gasteiger partial charge in [0.05, 0.1) is 12.9 Å². The van der Waals surface area contributed by atoms with E-state index in [9.17, 15) is 4.79 Å². The largest absolute Gasteiger partial charge is 0.497 e. The third-order valence-electron chi connectivity index (χ3n) is 6.13. The van der Waals surface area contributed by atoms with Crippen molar-refractivity contribution >= 4 is 29.2 Å². The fourth-order valence-corrected chi connectivity index (χ4v) is 4.82. The zero-order valence-electron chi connectivity index (χ0n) is 20.0. The molecule has 34 heavy (non-hydrogen) atoms. The molecule has 8 heteroatoms. The highest BCUT2D eigenvalue weighted by molar-refractivity contribution is 8.00. The van der Waals surface area contributed by atoms with Crippen LogP contribution in [0.3, 0.4) is 0 Å². The Morgan fingerprint density at radius 1 is 1.00 bits per heavy atom. The second-order valence-corrected chi connectivity index (χ2v) is 9.26. The van der Waals surface area contributed by atoms with Gasteiger partial charge < -0.3 is 19.9 Å². The van der Waals surface area contributed by atoms with Gasteiger partial charge in [-0.1, -0.05) is 36.0 Å². The minimum absolute atomic E-state index is 0.0304. The van der Waals surface area contributed by atoms with Crippen molar-refractivity contribution in [1.82, 2.24) is 15.3 Å². The van der Waals surface area contributed by atoms with Gasteiger partial charge in [0.2, 0.25) is 5.91 Å². The maximum absolute atomic E-state index is 12.4. The number of nitrogens with zero attached hydrogens (tertiary/aromatic N) is 4. The van der Waals surface area contributed by atoms with Crippen LogP contribution in [0.4, 0.5) is 11.5 Å². The number of hydrogen-bond acceptors (Lipinski definition) is 7. The number of anilines is 2. The molecule has 3 aromatic rings. The molecular formula is C26H31N5O2S. The van der Waals surface area contributed by atoms with E-state index in [1.807, 2.05) is 24.3 Å². The molecule has 1 aliphatic rings. The smallest absolute Gasteiger partial charge is 0.230 e. The number of nitrogens with one attached hydrogen (secondary N) is 1. The SMILES string of the molecule is COc1ccc(CNC(=O)CSc2nccnc2N2CCN(c3cccc(C)c3C)CC2)cc1. The first-order chi connectivity index (χ1) is 16.5. The molecule has 2 aromatic carbocycles. The molecule has 1 aliphatic heterocycles. The van der Waals surface area contributed by atoms with E-state index in [0.717, 1.165) is 48.3 Å². The molecule has 0 unspecified atom stereocenters. The number of piperazine rings is 1. The monoisotopic (exact) mass is 477 g/mol. The topological polar surface area (TPSA) is 70.6 Å². The fraction of sp³-hybridized carbons (Fsp3) is 0.346. The van der Waals surface area contributed by atoms with E-state index in [4.69, 9.17) is 4.74 Å². The first-order valence-electron chi connectivity index (χ1n) is 11.4. The predicted molar refractivity (Wildman–Crippen MR) is 138 cm³/mol. The Morgan fingerprint density at radius 3 is 2.44 bits per heavy atom. The average Bonchev–Trinajstić information content (AvgIpc) is 2.88. The predicted octanol–water partition coefficient (Wildman–Crippen LogP) is 3.84. The van der Waals surface area contributed by atoms with Gasteiger partial charge in [-0.15, -0.1) is 0 Å². The van der Waals surface area contributed by atoms with E-state index in [-0.39, 0.29) is 5.91 Å². The second kappa shape index (κ2) is 11.2. The minimum Gasteiger partial charge on any atom is -0.497 e. The van der Waals surface area contributed by atoms with Crippen molar-refractivity contribution in [2.24, 2.45) is 0 Å². The summed E-state index contributed by atoms with van der Waals surface area (Å²) in [6, 6.07) is 14.2. The van der Waals surface area contributed by atoms with Crippen LogP contribution in [-0.2, 0) is 11.3 Å². The molecule has 4 rings (SSSR count). The highest BCUT2D eigenvalue weighted by atomic mass is 32.2. The number of benzene rings is 2. The van der Waals surface area contributed by atoms with Gasteiger partial charge in [-0.05, 0) is 48.7 Å². The van der Waals surface area contributed by atoms with E-state index in [1.165, 1.54) is 28.6 Å². The Hall–Kier alpha value is -3.26. The van der Waals surface area contributed by atoms with Crippen molar-refractivity contribution in [3.05, 3.63) is 71.5 Å². The van der Waals surface area contributed by atoms with Gasteiger partial charge in [-0.3, -0.25) is 4.79 Å². The van der Waals surface area contributed by atoms with Crippen LogP contribution in [0, 0.1) is 13.8 Å². The first-order valence-corrected chi connectivity index (χ1v) is 12.4. The maximum Gasteiger partial charge on any atom is 0.230 e. The summed E-state index contributed by atoms with van der Waals surface area (Å²) in [5.74, 6) is 1.92. The molecule has 1 aromatic heterocycles. The number of ether oxygens (including phenoxy) is 1. The van der Waals surface area contributed by atoms with Crippen LogP contribution in [0.1, 0.15) is 16.7 Å². The van der Waals surface area contributed by atoms with E-state index in [1.54, 1.807) is 19.5 Å². The molecule has 2 heterocycles. The number of carbonyl (C=O) groups is 1. The van der Waals surface area contributed by atoms with Gasteiger partial charge >= 0.3 is 0 Å². The van der Waals surface area contributed by atoms with E-state index in [0.29, 0.717) is 12.3 Å².